The fourth-order valence-corrected chi connectivity index (χ4v) is 3.92. The maximum absolute atomic E-state index is 13.8. The molecule has 0 aliphatic rings. The van der Waals surface area contributed by atoms with Crippen LogP contribution in [-0.2, 0) is 14.8 Å². The van der Waals surface area contributed by atoms with Crippen molar-refractivity contribution in [2.45, 2.75) is 31.7 Å². The first kappa shape index (κ1) is 20.4. The van der Waals surface area contributed by atoms with Crippen LogP contribution in [0.3, 0.4) is 0 Å². The lowest BCUT2D eigenvalue weighted by Gasteiger charge is -2.22. The highest BCUT2D eigenvalue weighted by Crippen LogP contribution is 2.21. The third kappa shape index (κ3) is 4.81. The van der Waals surface area contributed by atoms with Gasteiger partial charge in [0.15, 0.2) is 0 Å². The van der Waals surface area contributed by atoms with Crippen LogP contribution in [0.2, 0.25) is 5.02 Å². The zero-order valence-corrected chi connectivity index (χ0v) is 16.2. The Morgan fingerprint density at radius 2 is 1.81 bits per heavy atom. The van der Waals surface area contributed by atoms with Gasteiger partial charge in [0.05, 0.1) is 0 Å². The molecule has 1 unspecified atom stereocenters. The Bertz CT molecular complexity index is 916. The standard InChI is InChI=1S/C18H20ClFN2O3S/c1-11(2)17(18(23)21-15-10-13(19)9-8-12(15)3)22-26(24,25)16-7-5-4-6-14(16)20/h4-11,17,22H,1-3H3,(H,21,23). The minimum absolute atomic E-state index is 0.365. The van der Waals surface area contributed by atoms with Gasteiger partial charge in [-0.2, -0.15) is 4.72 Å². The molecule has 0 heterocycles. The molecule has 0 saturated heterocycles. The first-order chi connectivity index (χ1) is 12.1. The van der Waals surface area contributed by atoms with Crippen LogP contribution < -0.4 is 10.0 Å². The van der Waals surface area contributed by atoms with Gasteiger partial charge in [-0.1, -0.05) is 43.6 Å². The quantitative estimate of drug-likeness (QED) is 0.778. The Morgan fingerprint density at radius 3 is 2.42 bits per heavy atom. The lowest BCUT2D eigenvalue weighted by atomic mass is 10.0. The van der Waals surface area contributed by atoms with Crippen molar-refractivity contribution >= 4 is 33.2 Å². The third-order valence-electron chi connectivity index (χ3n) is 3.81. The minimum atomic E-state index is -4.20. The molecule has 1 atom stereocenters. The number of benzene rings is 2. The van der Waals surface area contributed by atoms with E-state index in [1.165, 1.54) is 12.1 Å². The van der Waals surface area contributed by atoms with Gasteiger partial charge in [0, 0.05) is 10.7 Å². The van der Waals surface area contributed by atoms with Crippen molar-refractivity contribution < 1.29 is 17.6 Å². The molecule has 0 aromatic heterocycles. The van der Waals surface area contributed by atoms with Crippen molar-refractivity contribution in [3.63, 3.8) is 0 Å². The van der Waals surface area contributed by atoms with Crippen molar-refractivity contribution in [2.75, 3.05) is 5.32 Å². The molecule has 2 aromatic rings. The second kappa shape index (κ2) is 8.16. The Labute approximate surface area is 157 Å². The Balaban J connectivity index is 2.27. The number of halogens is 2. The number of amides is 1. The Hall–Kier alpha value is -1.96. The fraction of sp³-hybridized carbons (Fsp3) is 0.278. The summed E-state index contributed by atoms with van der Waals surface area (Å²) in [5, 5.41) is 3.12. The molecule has 5 nitrogen and oxygen atoms in total. The average molecular weight is 399 g/mol. The van der Waals surface area contributed by atoms with Crippen LogP contribution in [-0.4, -0.2) is 20.4 Å². The van der Waals surface area contributed by atoms with Crippen molar-refractivity contribution in [2.24, 2.45) is 5.92 Å². The van der Waals surface area contributed by atoms with Crippen molar-refractivity contribution in [1.29, 1.82) is 0 Å². The SMILES string of the molecule is Cc1ccc(Cl)cc1NC(=O)C(NS(=O)(=O)c1ccccc1F)C(C)C. The summed E-state index contributed by atoms with van der Waals surface area (Å²) in [7, 11) is -4.20. The molecule has 1 amide bonds. The van der Waals surface area contributed by atoms with Crippen molar-refractivity contribution in [3.05, 3.63) is 58.9 Å². The van der Waals surface area contributed by atoms with Crippen LogP contribution >= 0.6 is 11.6 Å². The van der Waals surface area contributed by atoms with Crippen LogP contribution in [0.1, 0.15) is 19.4 Å². The van der Waals surface area contributed by atoms with Crippen LogP contribution in [0.4, 0.5) is 10.1 Å². The third-order valence-corrected chi connectivity index (χ3v) is 5.52. The van der Waals surface area contributed by atoms with E-state index in [9.17, 15) is 17.6 Å². The summed E-state index contributed by atoms with van der Waals surface area (Å²) in [4.78, 5) is 12.1. The van der Waals surface area contributed by atoms with Crippen molar-refractivity contribution in [1.82, 2.24) is 4.72 Å². The van der Waals surface area contributed by atoms with Crippen LogP contribution in [0.25, 0.3) is 0 Å². The lowest BCUT2D eigenvalue weighted by molar-refractivity contribution is -0.118. The van der Waals surface area contributed by atoms with Gasteiger partial charge in [-0.05, 0) is 42.7 Å². The van der Waals surface area contributed by atoms with Gasteiger partial charge in [0.1, 0.15) is 16.8 Å². The first-order valence-electron chi connectivity index (χ1n) is 7.95. The number of hydrogen-bond donors (Lipinski definition) is 2. The molecule has 0 radical (unpaired) electrons. The highest BCUT2D eigenvalue weighted by molar-refractivity contribution is 7.89. The maximum Gasteiger partial charge on any atom is 0.244 e. The van der Waals surface area contributed by atoms with Gasteiger partial charge in [0.2, 0.25) is 15.9 Å². The van der Waals surface area contributed by atoms with Gasteiger partial charge in [-0.25, -0.2) is 12.8 Å². The largest absolute Gasteiger partial charge is 0.324 e. The summed E-state index contributed by atoms with van der Waals surface area (Å²) >= 11 is 5.94. The molecule has 140 valence electrons. The van der Waals surface area contributed by atoms with E-state index in [-0.39, 0.29) is 5.92 Å². The molecule has 0 fully saturated rings. The molecule has 2 N–H and O–H groups in total. The van der Waals surface area contributed by atoms with E-state index in [0.29, 0.717) is 10.7 Å². The zero-order chi connectivity index (χ0) is 19.5. The smallest absolute Gasteiger partial charge is 0.244 e. The van der Waals surface area contributed by atoms with E-state index in [1.807, 2.05) is 0 Å². The molecular formula is C18H20ClFN2O3S. The second-order valence-electron chi connectivity index (χ2n) is 6.22. The summed E-state index contributed by atoms with van der Waals surface area (Å²) in [5.41, 5.74) is 1.26. The van der Waals surface area contributed by atoms with Gasteiger partial charge >= 0.3 is 0 Å². The van der Waals surface area contributed by atoms with Gasteiger partial charge in [-0.15, -0.1) is 0 Å². The number of anilines is 1. The predicted molar refractivity (Wildman–Crippen MR) is 100 cm³/mol. The number of hydrogen-bond acceptors (Lipinski definition) is 3. The summed E-state index contributed by atoms with van der Waals surface area (Å²) in [6, 6.07) is 8.93. The van der Waals surface area contributed by atoms with Crippen LogP contribution in [0.5, 0.6) is 0 Å². The molecule has 26 heavy (non-hydrogen) atoms. The monoisotopic (exact) mass is 398 g/mol. The summed E-state index contributed by atoms with van der Waals surface area (Å²) in [6.45, 7) is 5.18. The highest BCUT2D eigenvalue weighted by atomic mass is 35.5. The number of nitrogens with one attached hydrogen (secondary N) is 2. The molecular weight excluding hydrogens is 379 g/mol. The first-order valence-corrected chi connectivity index (χ1v) is 9.82. The average Bonchev–Trinajstić information content (AvgIpc) is 2.56. The summed E-state index contributed by atoms with van der Waals surface area (Å²) in [6.07, 6.45) is 0. The van der Waals surface area contributed by atoms with Crippen LogP contribution in [0, 0.1) is 18.7 Å². The molecule has 2 aromatic carbocycles. The lowest BCUT2D eigenvalue weighted by Crippen LogP contribution is -2.47. The molecule has 2 rings (SSSR count). The minimum Gasteiger partial charge on any atom is -0.324 e. The molecule has 0 bridgehead atoms. The summed E-state index contributed by atoms with van der Waals surface area (Å²) < 4.78 is 41.1. The number of rotatable bonds is 6. The van der Waals surface area contributed by atoms with Crippen molar-refractivity contribution in [3.8, 4) is 0 Å². The molecule has 0 spiro atoms. The van der Waals surface area contributed by atoms with Gasteiger partial charge in [0.25, 0.3) is 0 Å². The van der Waals surface area contributed by atoms with E-state index < -0.39 is 32.7 Å². The van der Waals surface area contributed by atoms with Crippen LogP contribution in [0.15, 0.2) is 47.4 Å². The van der Waals surface area contributed by atoms with E-state index >= 15 is 0 Å². The molecule has 0 aliphatic heterocycles. The fourth-order valence-electron chi connectivity index (χ4n) is 2.33. The molecule has 0 saturated carbocycles. The summed E-state index contributed by atoms with van der Waals surface area (Å²) in [5.74, 6) is -1.80. The number of aryl methyl sites for hydroxylation is 1. The Morgan fingerprint density at radius 1 is 1.15 bits per heavy atom. The Kier molecular flexibility index (Phi) is 6.39. The molecule has 0 aliphatic carbocycles. The van der Waals surface area contributed by atoms with Gasteiger partial charge in [-0.3, -0.25) is 4.79 Å². The highest BCUT2D eigenvalue weighted by Gasteiger charge is 2.30. The van der Waals surface area contributed by atoms with E-state index in [4.69, 9.17) is 11.6 Å². The number of carbonyl (C=O) groups is 1. The predicted octanol–water partition coefficient (Wildman–Crippen LogP) is 3.73. The normalized spacial score (nSPS) is 12.8. The topological polar surface area (TPSA) is 75.3 Å². The second-order valence-corrected chi connectivity index (χ2v) is 8.34. The van der Waals surface area contributed by atoms with E-state index in [2.05, 4.69) is 10.0 Å². The van der Waals surface area contributed by atoms with Gasteiger partial charge < -0.3 is 5.32 Å². The zero-order valence-electron chi connectivity index (χ0n) is 14.6. The van der Waals surface area contributed by atoms with E-state index in [0.717, 1.165) is 17.7 Å². The number of sulfonamides is 1. The molecule has 8 heteroatoms. The van der Waals surface area contributed by atoms with E-state index in [1.54, 1.807) is 39.0 Å². The number of carbonyl (C=O) groups excluding carboxylic acids is 1. The maximum atomic E-state index is 13.8.